The average molecular weight is 493 g/mol. The summed E-state index contributed by atoms with van der Waals surface area (Å²) in [6.45, 7) is 2.91. The van der Waals surface area contributed by atoms with Gasteiger partial charge in [0, 0.05) is 12.2 Å². The lowest BCUT2D eigenvalue weighted by atomic mass is 9.95. The third-order valence-electron chi connectivity index (χ3n) is 6.33. The Labute approximate surface area is 205 Å². The van der Waals surface area contributed by atoms with E-state index in [1.807, 2.05) is 54.6 Å². The van der Waals surface area contributed by atoms with Crippen molar-refractivity contribution in [1.82, 2.24) is 19.2 Å². The van der Waals surface area contributed by atoms with Crippen LogP contribution in [0.3, 0.4) is 0 Å². The maximum atomic E-state index is 13.9. The van der Waals surface area contributed by atoms with Crippen LogP contribution in [0.4, 0.5) is 4.39 Å². The molecule has 1 atom stereocenters. The topological polar surface area (TPSA) is 78.2 Å². The molecular formula is C26H25FN4O3S. The molecule has 1 aliphatic rings. The predicted molar refractivity (Wildman–Crippen MR) is 133 cm³/mol. The molecule has 5 rings (SSSR count). The molecule has 0 radical (unpaired) electrons. The first-order valence-corrected chi connectivity index (χ1v) is 12.1. The summed E-state index contributed by atoms with van der Waals surface area (Å²) in [5, 5.41) is 10.9. The number of hydrogen-bond acceptors (Lipinski definition) is 6. The summed E-state index contributed by atoms with van der Waals surface area (Å²) in [4.78, 5) is 36.2. The summed E-state index contributed by atoms with van der Waals surface area (Å²) < 4.78 is 15.6. The quantitative estimate of drug-likeness (QED) is 0.384. The van der Waals surface area contributed by atoms with E-state index in [1.165, 1.54) is 28.4 Å². The van der Waals surface area contributed by atoms with Gasteiger partial charge in [-0.1, -0.05) is 35.6 Å². The van der Waals surface area contributed by atoms with Crippen LogP contribution >= 0.6 is 11.3 Å². The molecule has 2 aromatic heterocycles. The average Bonchev–Trinajstić information content (AvgIpc) is 3.44. The standard InChI is InChI=1S/C26H25FN4O3S/c1-15-24(35-26-28-18-7-4-5-8-19(18)31(15)26)22(32)20-21(16-9-11-17(27)12-10-16)30(25(34)23(20)33)14-6-13-29(2)3/h4-5,7-12,21,33H,6,13-14H2,1-3H3. The van der Waals surface area contributed by atoms with Crippen LogP contribution in [0.15, 0.2) is 59.9 Å². The Kier molecular flexibility index (Phi) is 5.90. The molecule has 0 bridgehead atoms. The molecule has 1 N–H and O–H groups in total. The van der Waals surface area contributed by atoms with Crippen molar-refractivity contribution in [3.05, 3.63) is 81.8 Å². The van der Waals surface area contributed by atoms with E-state index in [2.05, 4.69) is 4.98 Å². The minimum Gasteiger partial charge on any atom is -0.503 e. The number of aromatic nitrogens is 2. The van der Waals surface area contributed by atoms with Gasteiger partial charge in [0.05, 0.1) is 27.5 Å². The number of fused-ring (bicyclic) bond motifs is 3. The molecule has 1 amide bonds. The summed E-state index contributed by atoms with van der Waals surface area (Å²) >= 11 is 1.23. The zero-order valence-electron chi connectivity index (χ0n) is 19.7. The molecule has 9 heteroatoms. The first-order valence-electron chi connectivity index (χ1n) is 11.3. The highest BCUT2D eigenvalue weighted by atomic mass is 32.1. The Balaban J connectivity index is 1.59. The van der Waals surface area contributed by atoms with Crippen molar-refractivity contribution in [2.45, 2.75) is 19.4 Å². The van der Waals surface area contributed by atoms with Gasteiger partial charge < -0.3 is 14.9 Å². The molecule has 7 nitrogen and oxygen atoms in total. The van der Waals surface area contributed by atoms with Crippen molar-refractivity contribution in [3.8, 4) is 0 Å². The van der Waals surface area contributed by atoms with Crippen LogP contribution < -0.4 is 0 Å². The lowest BCUT2D eigenvalue weighted by molar-refractivity contribution is -0.129. The Bertz CT molecular complexity index is 1490. The molecule has 0 saturated heterocycles. The zero-order chi connectivity index (χ0) is 24.9. The Morgan fingerprint density at radius 2 is 1.89 bits per heavy atom. The number of carbonyl (C=O) groups excluding carboxylic acids is 2. The number of hydrogen-bond donors (Lipinski definition) is 1. The van der Waals surface area contributed by atoms with Gasteiger partial charge in [-0.2, -0.15) is 0 Å². The van der Waals surface area contributed by atoms with Crippen LogP contribution in [0.25, 0.3) is 16.0 Å². The second-order valence-electron chi connectivity index (χ2n) is 8.94. The molecule has 4 aromatic rings. The van der Waals surface area contributed by atoms with E-state index in [0.29, 0.717) is 34.1 Å². The molecule has 180 valence electrons. The Morgan fingerprint density at radius 1 is 1.17 bits per heavy atom. The second kappa shape index (κ2) is 8.90. The van der Waals surface area contributed by atoms with Crippen molar-refractivity contribution >= 4 is 39.0 Å². The molecule has 1 unspecified atom stereocenters. The van der Waals surface area contributed by atoms with Gasteiger partial charge in [-0.15, -0.1) is 0 Å². The molecule has 1 aliphatic heterocycles. The molecule has 3 heterocycles. The number of aliphatic hydroxyl groups excluding tert-OH is 1. The number of benzene rings is 2. The third-order valence-corrected chi connectivity index (χ3v) is 7.47. The fraction of sp³-hybridized carbons (Fsp3) is 0.269. The molecule has 0 fully saturated rings. The van der Waals surface area contributed by atoms with Gasteiger partial charge in [0.15, 0.2) is 10.7 Å². The first-order chi connectivity index (χ1) is 16.8. The lowest BCUT2D eigenvalue weighted by Gasteiger charge is -2.27. The van der Waals surface area contributed by atoms with Crippen LogP contribution in [0.5, 0.6) is 0 Å². The van der Waals surface area contributed by atoms with Gasteiger partial charge in [-0.05, 0) is 63.8 Å². The number of carbonyl (C=O) groups is 2. The number of aryl methyl sites for hydroxylation is 1. The normalized spacial score (nSPS) is 16.4. The van der Waals surface area contributed by atoms with Crippen molar-refractivity contribution in [2.75, 3.05) is 27.2 Å². The fourth-order valence-electron chi connectivity index (χ4n) is 4.66. The summed E-state index contributed by atoms with van der Waals surface area (Å²) in [6.07, 6.45) is 0.656. The van der Waals surface area contributed by atoms with Crippen LogP contribution in [0, 0.1) is 12.7 Å². The van der Waals surface area contributed by atoms with Gasteiger partial charge in [-0.3, -0.25) is 14.0 Å². The number of amides is 1. The van der Waals surface area contributed by atoms with E-state index < -0.39 is 29.3 Å². The highest BCUT2D eigenvalue weighted by Gasteiger charge is 2.44. The smallest absolute Gasteiger partial charge is 0.290 e. The molecule has 2 aromatic carbocycles. The van der Waals surface area contributed by atoms with Crippen molar-refractivity contribution in [3.63, 3.8) is 0 Å². The maximum Gasteiger partial charge on any atom is 0.290 e. The number of Topliss-reactive ketones (excluding diaryl/α,β-unsaturated/α-hetero) is 1. The Morgan fingerprint density at radius 3 is 2.60 bits per heavy atom. The predicted octanol–water partition coefficient (Wildman–Crippen LogP) is 4.53. The number of imidazole rings is 1. The summed E-state index contributed by atoms with van der Waals surface area (Å²) in [6, 6.07) is 12.6. The van der Waals surface area contributed by atoms with Crippen LogP contribution in [0.2, 0.25) is 0 Å². The number of para-hydroxylation sites is 2. The second-order valence-corrected chi connectivity index (χ2v) is 9.91. The number of nitrogens with zero attached hydrogens (tertiary/aromatic N) is 4. The molecular weight excluding hydrogens is 467 g/mol. The first kappa shape index (κ1) is 23.2. The van der Waals surface area contributed by atoms with Gasteiger partial charge in [0.25, 0.3) is 5.91 Å². The summed E-state index contributed by atoms with van der Waals surface area (Å²) in [5.41, 5.74) is 3.00. The largest absolute Gasteiger partial charge is 0.503 e. The van der Waals surface area contributed by atoms with Crippen molar-refractivity contribution in [2.24, 2.45) is 0 Å². The lowest BCUT2D eigenvalue weighted by Crippen LogP contribution is -2.33. The van der Waals surface area contributed by atoms with Gasteiger partial charge >= 0.3 is 0 Å². The summed E-state index contributed by atoms with van der Waals surface area (Å²) in [7, 11) is 3.88. The highest BCUT2D eigenvalue weighted by molar-refractivity contribution is 7.19. The minimum absolute atomic E-state index is 0.0170. The van der Waals surface area contributed by atoms with Crippen LogP contribution in [0.1, 0.15) is 33.4 Å². The Hall–Kier alpha value is -3.56. The van der Waals surface area contributed by atoms with E-state index in [-0.39, 0.29) is 5.57 Å². The van der Waals surface area contributed by atoms with E-state index >= 15 is 0 Å². The number of aliphatic hydroxyl groups is 1. The van der Waals surface area contributed by atoms with Crippen LogP contribution in [-0.4, -0.2) is 63.2 Å². The van der Waals surface area contributed by atoms with Crippen molar-refractivity contribution < 1.29 is 19.1 Å². The SMILES string of the molecule is Cc1c(C(=O)C2=C(O)C(=O)N(CCCN(C)C)C2c2ccc(F)cc2)sc2nc3ccccc3n12. The molecule has 0 aliphatic carbocycles. The molecule has 0 spiro atoms. The highest BCUT2D eigenvalue weighted by Crippen LogP contribution is 2.41. The zero-order valence-corrected chi connectivity index (χ0v) is 20.5. The summed E-state index contributed by atoms with van der Waals surface area (Å²) in [5.74, 6) is -1.98. The van der Waals surface area contributed by atoms with E-state index in [9.17, 15) is 19.1 Å². The van der Waals surface area contributed by atoms with E-state index in [0.717, 1.165) is 17.6 Å². The van der Waals surface area contributed by atoms with E-state index in [1.54, 1.807) is 12.1 Å². The van der Waals surface area contributed by atoms with E-state index in [4.69, 9.17) is 0 Å². The molecule has 35 heavy (non-hydrogen) atoms. The van der Waals surface area contributed by atoms with Crippen molar-refractivity contribution in [1.29, 1.82) is 0 Å². The van der Waals surface area contributed by atoms with Crippen LogP contribution in [-0.2, 0) is 4.79 Å². The number of halogens is 1. The monoisotopic (exact) mass is 492 g/mol. The maximum absolute atomic E-state index is 13.9. The fourth-order valence-corrected chi connectivity index (χ4v) is 5.76. The van der Waals surface area contributed by atoms with Gasteiger partial charge in [0.1, 0.15) is 5.82 Å². The number of ketones is 1. The third kappa shape index (κ3) is 3.90. The number of thiazole rings is 1. The number of rotatable bonds is 7. The van der Waals surface area contributed by atoms with Gasteiger partial charge in [-0.25, -0.2) is 9.37 Å². The molecule has 0 saturated carbocycles. The minimum atomic E-state index is -0.802. The van der Waals surface area contributed by atoms with Gasteiger partial charge in [0.2, 0.25) is 5.78 Å².